The molecule has 186 valence electrons. The van der Waals surface area contributed by atoms with E-state index in [-0.39, 0.29) is 24.4 Å². The second kappa shape index (κ2) is 11.7. The lowest BCUT2D eigenvalue weighted by Gasteiger charge is -2.10. The van der Waals surface area contributed by atoms with Gasteiger partial charge in [0.15, 0.2) is 11.4 Å². The van der Waals surface area contributed by atoms with Crippen LogP contribution in [0.15, 0.2) is 47.0 Å². The Labute approximate surface area is 203 Å². The number of ether oxygens (including phenoxy) is 3. The zero-order valence-electron chi connectivity index (χ0n) is 19.8. The molecule has 5 rings (SSSR count). The molecule has 0 atom stereocenters. The normalized spacial score (nSPS) is 14.0. The maximum atomic E-state index is 14.5. The summed E-state index contributed by atoms with van der Waals surface area (Å²) in [7, 11) is 1.51. The van der Waals surface area contributed by atoms with Crippen LogP contribution in [0, 0.1) is 11.7 Å². The Bertz CT molecular complexity index is 1140. The Kier molecular flexibility index (Phi) is 8.23. The van der Waals surface area contributed by atoms with E-state index in [1.165, 1.54) is 44.6 Å². The van der Waals surface area contributed by atoms with Crippen molar-refractivity contribution in [3.8, 4) is 28.6 Å². The highest BCUT2D eigenvalue weighted by Gasteiger charge is 2.27. The van der Waals surface area contributed by atoms with Crippen LogP contribution in [-0.2, 0) is 17.8 Å². The summed E-state index contributed by atoms with van der Waals surface area (Å²) in [5, 5.41) is 12.9. The van der Waals surface area contributed by atoms with Crippen LogP contribution in [-0.4, -0.2) is 29.9 Å². The number of aromatic nitrogens is 1. The van der Waals surface area contributed by atoms with Crippen LogP contribution in [0.3, 0.4) is 0 Å². The second-order valence-electron chi connectivity index (χ2n) is 8.78. The highest BCUT2D eigenvalue weighted by atomic mass is 19.1. The molecular weight excluding hydrogens is 453 g/mol. The first-order valence-electron chi connectivity index (χ1n) is 11.9. The smallest absolute Gasteiger partial charge is 0.303 e. The molecule has 2 saturated carbocycles. The van der Waals surface area contributed by atoms with E-state index < -0.39 is 11.8 Å². The summed E-state index contributed by atoms with van der Waals surface area (Å²) >= 11 is 0. The van der Waals surface area contributed by atoms with Gasteiger partial charge in [-0.05, 0) is 61.1 Å². The van der Waals surface area contributed by atoms with Gasteiger partial charge in [0.1, 0.15) is 23.9 Å². The molecule has 7 nitrogen and oxygen atoms in total. The number of aliphatic carboxylic acids is 1. The fourth-order valence-electron chi connectivity index (χ4n) is 3.21. The van der Waals surface area contributed by atoms with Gasteiger partial charge in [0.05, 0.1) is 19.3 Å². The van der Waals surface area contributed by atoms with Gasteiger partial charge in [-0.15, -0.1) is 0 Å². The Hall–Kier alpha value is -3.55. The van der Waals surface area contributed by atoms with Crippen LogP contribution >= 0.6 is 0 Å². The fourth-order valence-corrected chi connectivity index (χ4v) is 3.21. The number of carboxylic acids is 1. The number of benzene rings is 2. The number of hydrogen-bond donors (Lipinski definition) is 1. The minimum absolute atomic E-state index is 0.0430. The first kappa shape index (κ1) is 24.6. The first-order chi connectivity index (χ1) is 17.0. The van der Waals surface area contributed by atoms with Gasteiger partial charge < -0.3 is 23.8 Å². The van der Waals surface area contributed by atoms with Crippen molar-refractivity contribution >= 4 is 5.97 Å². The third-order valence-electron chi connectivity index (χ3n) is 5.55. The van der Waals surface area contributed by atoms with Gasteiger partial charge in [-0.3, -0.25) is 4.79 Å². The molecule has 2 aliphatic carbocycles. The molecule has 2 aromatic carbocycles. The molecule has 35 heavy (non-hydrogen) atoms. The number of rotatable bonds is 11. The fraction of sp³-hybridized carbons (Fsp3) is 0.407. The highest BCUT2D eigenvalue weighted by Crippen LogP contribution is 2.39. The van der Waals surface area contributed by atoms with Crippen molar-refractivity contribution in [2.45, 2.75) is 51.6 Å². The van der Waals surface area contributed by atoms with E-state index >= 15 is 0 Å². The Balaban J connectivity index is 0.000000894. The Morgan fingerprint density at radius 1 is 1.11 bits per heavy atom. The highest BCUT2D eigenvalue weighted by molar-refractivity contribution is 5.68. The summed E-state index contributed by atoms with van der Waals surface area (Å²) in [5.41, 5.74) is 1.47. The van der Waals surface area contributed by atoms with Crippen molar-refractivity contribution in [2.75, 3.05) is 13.7 Å². The van der Waals surface area contributed by atoms with Crippen LogP contribution in [0.2, 0.25) is 0 Å². The van der Waals surface area contributed by atoms with Gasteiger partial charge in [0, 0.05) is 6.42 Å². The van der Waals surface area contributed by atoms with Gasteiger partial charge in [-0.25, -0.2) is 4.39 Å². The molecule has 0 bridgehead atoms. The molecule has 0 radical (unpaired) electrons. The Morgan fingerprint density at radius 2 is 1.91 bits per heavy atom. The van der Waals surface area contributed by atoms with E-state index in [0.717, 1.165) is 18.4 Å². The van der Waals surface area contributed by atoms with Crippen molar-refractivity contribution in [2.24, 2.45) is 5.92 Å². The number of carboxylic acid groups (broad SMARTS) is 1. The van der Waals surface area contributed by atoms with E-state index in [2.05, 4.69) is 5.16 Å². The maximum absolute atomic E-state index is 14.5. The van der Waals surface area contributed by atoms with Gasteiger partial charge in [-0.1, -0.05) is 36.6 Å². The molecule has 3 aromatic rings. The summed E-state index contributed by atoms with van der Waals surface area (Å²) in [6, 6.07) is 11.6. The molecule has 2 fully saturated rings. The van der Waals surface area contributed by atoms with Crippen LogP contribution < -0.4 is 14.2 Å². The van der Waals surface area contributed by atoms with Crippen LogP contribution in [0.4, 0.5) is 4.39 Å². The molecule has 1 N–H and O–H groups in total. The van der Waals surface area contributed by atoms with Crippen LogP contribution in [0.5, 0.6) is 17.2 Å². The minimum Gasteiger partial charge on any atom is -0.497 e. The van der Waals surface area contributed by atoms with Gasteiger partial charge >= 0.3 is 5.97 Å². The largest absolute Gasteiger partial charge is 0.497 e. The monoisotopic (exact) mass is 483 g/mol. The average molecular weight is 484 g/mol. The molecule has 0 aliphatic heterocycles. The van der Waals surface area contributed by atoms with Crippen LogP contribution in [0.25, 0.3) is 11.3 Å². The van der Waals surface area contributed by atoms with Gasteiger partial charge in [0.25, 0.3) is 0 Å². The molecule has 0 spiro atoms. The lowest BCUT2D eigenvalue weighted by molar-refractivity contribution is -0.136. The average Bonchev–Trinajstić information content (AvgIpc) is 3.79. The number of nitrogens with zero attached hydrogens (tertiary/aromatic N) is 1. The third kappa shape index (κ3) is 7.47. The zero-order chi connectivity index (χ0) is 24.6. The van der Waals surface area contributed by atoms with E-state index in [0.29, 0.717) is 41.9 Å². The molecular formula is C27H30FNO6. The molecule has 1 heterocycles. The van der Waals surface area contributed by atoms with Crippen molar-refractivity contribution in [3.63, 3.8) is 0 Å². The SMILES string of the molecule is C1CC1.COc1ccc(F)c(-c2onc(COc3cccc(CCC(=O)O)c3)c2OCC2CC2)c1. The first-order valence-corrected chi connectivity index (χ1v) is 11.9. The van der Waals surface area contributed by atoms with Crippen molar-refractivity contribution < 1.29 is 33.0 Å². The predicted molar refractivity (Wildman–Crippen MR) is 127 cm³/mol. The lowest BCUT2D eigenvalue weighted by Crippen LogP contribution is -2.04. The predicted octanol–water partition coefficient (Wildman–Crippen LogP) is 6.04. The molecule has 0 saturated heterocycles. The van der Waals surface area contributed by atoms with E-state index in [9.17, 15) is 9.18 Å². The van der Waals surface area contributed by atoms with Crippen molar-refractivity contribution in [1.82, 2.24) is 5.16 Å². The summed E-state index contributed by atoms with van der Waals surface area (Å²) in [4.78, 5) is 10.8. The second-order valence-corrected chi connectivity index (χ2v) is 8.78. The summed E-state index contributed by atoms with van der Waals surface area (Å²) < 4.78 is 37.1. The van der Waals surface area contributed by atoms with E-state index in [1.807, 2.05) is 6.07 Å². The summed E-state index contributed by atoms with van der Waals surface area (Å²) in [6.45, 7) is 0.551. The molecule has 2 aliphatic rings. The third-order valence-corrected chi connectivity index (χ3v) is 5.55. The molecule has 1 aromatic heterocycles. The number of halogens is 1. The van der Waals surface area contributed by atoms with Crippen molar-refractivity contribution in [3.05, 3.63) is 59.5 Å². The zero-order valence-corrected chi connectivity index (χ0v) is 19.8. The number of hydrogen-bond acceptors (Lipinski definition) is 6. The number of methoxy groups -OCH3 is 1. The van der Waals surface area contributed by atoms with Crippen molar-refractivity contribution in [1.29, 1.82) is 0 Å². The topological polar surface area (TPSA) is 91.0 Å². The number of carbonyl (C=O) groups is 1. The standard InChI is InChI=1S/C24H24FNO6.C3H6/c1-29-17-8-9-20(25)19(12-17)23-24(31-13-16-5-6-16)21(26-32-23)14-30-18-4-2-3-15(11-18)7-10-22(27)28;1-2-3-1/h2-4,8-9,11-12,16H,5-7,10,13-14H2,1H3,(H,27,28);1-3H2. The van der Waals surface area contributed by atoms with E-state index in [4.69, 9.17) is 23.8 Å². The quantitative estimate of drug-likeness (QED) is 0.355. The maximum Gasteiger partial charge on any atom is 0.303 e. The van der Waals surface area contributed by atoms with Gasteiger partial charge in [-0.2, -0.15) is 0 Å². The Morgan fingerprint density at radius 3 is 2.60 bits per heavy atom. The molecule has 0 unspecified atom stereocenters. The number of aryl methyl sites for hydroxylation is 1. The molecule has 0 amide bonds. The summed E-state index contributed by atoms with van der Waals surface area (Å²) in [6.07, 6.45) is 7.15. The van der Waals surface area contributed by atoms with E-state index in [1.54, 1.807) is 18.2 Å². The lowest BCUT2D eigenvalue weighted by atomic mass is 10.1. The van der Waals surface area contributed by atoms with Gasteiger partial charge in [0.2, 0.25) is 5.76 Å². The van der Waals surface area contributed by atoms with Crippen LogP contribution in [0.1, 0.15) is 49.8 Å². The molecule has 8 heteroatoms. The minimum atomic E-state index is -0.853. The summed E-state index contributed by atoms with van der Waals surface area (Å²) in [5.74, 6) is 0.750.